The molecule has 1 aromatic rings. The second-order valence-electron chi connectivity index (χ2n) is 3.61. The van der Waals surface area contributed by atoms with Gasteiger partial charge in [0.2, 0.25) is 0 Å². The van der Waals surface area contributed by atoms with E-state index in [9.17, 15) is 5.11 Å². The Morgan fingerprint density at radius 3 is 2.93 bits per heavy atom. The number of ether oxygens (including phenoxy) is 1. The van der Waals surface area contributed by atoms with Crippen LogP contribution in [0.5, 0.6) is 0 Å². The molecule has 0 spiro atoms. The van der Waals surface area contributed by atoms with E-state index in [2.05, 4.69) is 16.8 Å². The Bertz CT molecular complexity index is 233. The maximum absolute atomic E-state index is 9.67. The van der Waals surface area contributed by atoms with E-state index < -0.39 is 0 Å². The summed E-state index contributed by atoms with van der Waals surface area (Å²) < 4.78 is 5.10. The molecule has 2 atom stereocenters. The summed E-state index contributed by atoms with van der Waals surface area (Å²) in [5.74, 6) is 0. The van der Waals surface area contributed by atoms with Crippen molar-refractivity contribution >= 4 is 11.3 Å². The molecular weight excluding hydrogens is 196 g/mol. The number of thiophene rings is 1. The van der Waals surface area contributed by atoms with Gasteiger partial charge in [-0.25, -0.2) is 0 Å². The lowest BCUT2D eigenvalue weighted by molar-refractivity contribution is 0.0530. The van der Waals surface area contributed by atoms with E-state index in [1.54, 1.807) is 18.4 Å². The molecule has 0 saturated heterocycles. The molecule has 14 heavy (non-hydrogen) atoms. The fourth-order valence-electron chi connectivity index (χ4n) is 1.37. The highest BCUT2D eigenvalue weighted by Gasteiger charge is 2.09. The van der Waals surface area contributed by atoms with Crippen LogP contribution in [0.2, 0.25) is 0 Å². The van der Waals surface area contributed by atoms with Crippen LogP contribution in [0.25, 0.3) is 0 Å². The molecule has 0 aliphatic carbocycles. The zero-order chi connectivity index (χ0) is 10.4. The molecule has 3 heteroatoms. The molecule has 0 fully saturated rings. The van der Waals surface area contributed by atoms with E-state index in [1.807, 2.05) is 6.92 Å². The fraction of sp³-hybridized carbons (Fsp3) is 0.636. The number of rotatable bonds is 6. The van der Waals surface area contributed by atoms with Crippen molar-refractivity contribution in [3.63, 3.8) is 0 Å². The number of hydrogen-bond acceptors (Lipinski definition) is 3. The number of hydrogen-bond donors (Lipinski definition) is 1. The lowest BCUT2D eigenvalue weighted by atomic mass is 10.1. The second kappa shape index (κ2) is 6.17. The molecule has 0 aliphatic rings. The minimum Gasteiger partial charge on any atom is -0.393 e. The van der Waals surface area contributed by atoms with Crippen LogP contribution in [0.1, 0.15) is 25.3 Å². The zero-order valence-corrected chi connectivity index (χ0v) is 9.59. The van der Waals surface area contributed by atoms with E-state index in [0.717, 1.165) is 19.3 Å². The quantitative estimate of drug-likeness (QED) is 0.788. The van der Waals surface area contributed by atoms with Crippen molar-refractivity contribution in [1.29, 1.82) is 0 Å². The molecule has 0 saturated carbocycles. The summed E-state index contributed by atoms with van der Waals surface area (Å²) in [6.07, 6.45) is 2.41. The highest BCUT2D eigenvalue weighted by atomic mass is 32.1. The molecule has 0 aromatic carbocycles. The predicted molar refractivity (Wildman–Crippen MR) is 59.7 cm³/mol. The topological polar surface area (TPSA) is 29.5 Å². The van der Waals surface area contributed by atoms with Crippen LogP contribution in [0.3, 0.4) is 0 Å². The third-order valence-corrected chi connectivity index (χ3v) is 3.08. The van der Waals surface area contributed by atoms with Gasteiger partial charge in [-0.3, -0.25) is 0 Å². The maximum Gasteiger partial charge on any atom is 0.0568 e. The molecule has 1 rings (SSSR count). The standard InChI is InChI=1S/C11H18O2S/c1-9(13-2)7-11(12)4-3-10-5-6-14-8-10/h5-6,8-9,11-12H,3-4,7H2,1-2H3. The Morgan fingerprint density at radius 2 is 2.36 bits per heavy atom. The van der Waals surface area contributed by atoms with Crippen LogP contribution in [0.4, 0.5) is 0 Å². The van der Waals surface area contributed by atoms with Gasteiger partial charge >= 0.3 is 0 Å². The normalized spacial score (nSPS) is 15.4. The minimum absolute atomic E-state index is 0.146. The largest absolute Gasteiger partial charge is 0.393 e. The van der Waals surface area contributed by atoms with Gasteiger partial charge < -0.3 is 9.84 Å². The zero-order valence-electron chi connectivity index (χ0n) is 8.77. The van der Waals surface area contributed by atoms with E-state index in [-0.39, 0.29) is 12.2 Å². The van der Waals surface area contributed by atoms with Crippen molar-refractivity contribution in [2.24, 2.45) is 0 Å². The average Bonchev–Trinajstić information content (AvgIpc) is 2.67. The summed E-state index contributed by atoms with van der Waals surface area (Å²) in [7, 11) is 1.68. The first kappa shape index (κ1) is 11.7. The fourth-order valence-corrected chi connectivity index (χ4v) is 2.07. The summed E-state index contributed by atoms with van der Waals surface area (Å²) in [6.45, 7) is 1.98. The summed E-state index contributed by atoms with van der Waals surface area (Å²) >= 11 is 1.70. The van der Waals surface area contributed by atoms with Crippen molar-refractivity contribution in [3.8, 4) is 0 Å². The van der Waals surface area contributed by atoms with Crippen molar-refractivity contribution in [2.45, 2.75) is 38.4 Å². The van der Waals surface area contributed by atoms with Crippen LogP contribution in [0, 0.1) is 0 Å². The first-order chi connectivity index (χ1) is 6.72. The van der Waals surface area contributed by atoms with Gasteiger partial charge in [-0.1, -0.05) is 0 Å². The number of aliphatic hydroxyl groups excluding tert-OH is 1. The van der Waals surface area contributed by atoms with Gasteiger partial charge in [-0.15, -0.1) is 0 Å². The number of methoxy groups -OCH3 is 1. The Kier molecular flexibility index (Phi) is 5.15. The number of aliphatic hydroxyl groups is 1. The Balaban J connectivity index is 2.18. The number of aryl methyl sites for hydroxylation is 1. The summed E-state index contributed by atoms with van der Waals surface area (Å²) in [4.78, 5) is 0. The molecule has 2 nitrogen and oxygen atoms in total. The third kappa shape index (κ3) is 4.22. The monoisotopic (exact) mass is 214 g/mol. The molecule has 0 bridgehead atoms. The summed E-state index contributed by atoms with van der Waals surface area (Å²) in [6, 6.07) is 2.11. The average molecular weight is 214 g/mol. The van der Waals surface area contributed by atoms with E-state index in [1.165, 1.54) is 5.56 Å². The van der Waals surface area contributed by atoms with Gasteiger partial charge in [0.05, 0.1) is 12.2 Å². The lowest BCUT2D eigenvalue weighted by Gasteiger charge is -2.14. The first-order valence-corrected chi connectivity index (χ1v) is 5.88. The molecule has 1 aromatic heterocycles. The maximum atomic E-state index is 9.67. The molecule has 80 valence electrons. The highest BCUT2D eigenvalue weighted by molar-refractivity contribution is 7.07. The predicted octanol–water partition coefficient (Wildman–Crippen LogP) is 2.47. The Labute approximate surface area is 89.5 Å². The van der Waals surface area contributed by atoms with Gasteiger partial charge in [0, 0.05) is 7.11 Å². The van der Waals surface area contributed by atoms with Crippen LogP contribution in [-0.2, 0) is 11.2 Å². The van der Waals surface area contributed by atoms with Gasteiger partial charge in [0.25, 0.3) is 0 Å². The Hall–Kier alpha value is -0.380. The molecular formula is C11H18O2S. The van der Waals surface area contributed by atoms with Gasteiger partial charge in [0.1, 0.15) is 0 Å². The molecule has 0 amide bonds. The van der Waals surface area contributed by atoms with Crippen molar-refractivity contribution in [3.05, 3.63) is 22.4 Å². The SMILES string of the molecule is COC(C)CC(O)CCc1ccsc1. The van der Waals surface area contributed by atoms with E-state index in [0.29, 0.717) is 0 Å². The van der Waals surface area contributed by atoms with Crippen molar-refractivity contribution in [1.82, 2.24) is 0 Å². The summed E-state index contributed by atoms with van der Waals surface area (Å²) in [5, 5.41) is 13.9. The van der Waals surface area contributed by atoms with Gasteiger partial charge in [-0.2, -0.15) is 11.3 Å². The molecule has 0 aliphatic heterocycles. The molecule has 0 radical (unpaired) electrons. The van der Waals surface area contributed by atoms with Crippen LogP contribution in [0.15, 0.2) is 16.8 Å². The van der Waals surface area contributed by atoms with Gasteiger partial charge in [0.15, 0.2) is 0 Å². The minimum atomic E-state index is -0.246. The second-order valence-corrected chi connectivity index (χ2v) is 4.39. The van der Waals surface area contributed by atoms with Crippen molar-refractivity contribution < 1.29 is 9.84 Å². The van der Waals surface area contributed by atoms with Crippen LogP contribution < -0.4 is 0 Å². The molecule has 1 heterocycles. The molecule has 1 N–H and O–H groups in total. The van der Waals surface area contributed by atoms with Crippen LogP contribution in [-0.4, -0.2) is 24.4 Å². The smallest absolute Gasteiger partial charge is 0.0568 e. The van der Waals surface area contributed by atoms with E-state index in [4.69, 9.17) is 4.74 Å². The van der Waals surface area contributed by atoms with Gasteiger partial charge in [-0.05, 0) is 48.6 Å². The Morgan fingerprint density at radius 1 is 1.57 bits per heavy atom. The van der Waals surface area contributed by atoms with Crippen molar-refractivity contribution in [2.75, 3.05) is 7.11 Å². The van der Waals surface area contributed by atoms with Crippen LogP contribution >= 0.6 is 11.3 Å². The summed E-state index contributed by atoms with van der Waals surface area (Å²) in [5.41, 5.74) is 1.32. The molecule has 2 unspecified atom stereocenters. The van der Waals surface area contributed by atoms with E-state index >= 15 is 0 Å². The highest BCUT2D eigenvalue weighted by Crippen LogP contribution is 2.12. The third-order valence-electron chi connectivity index (χ3n) is 2.35. The first-order valence-electron chi connectivity index (χ1n) is 4.94. The lowest BCUT2D eigenvalue weighted by Crippen LogP contribution is -2.17.